The molecule has 0 aromatic carbocycles. The van der Waals surface area contributed by atoms with Gasteiger partial charge in [0.25, 0.3) is 0 Å². The highest BCUT2D eigenvalue weighted by molar-refractivity contribution is 5.91. The van der Waals surface area contributed by atoms with Crippen LogP contribution in [0.1, 0.15) is 32.9 Å². The summed E-state index contributed by atoms with van der Waals surface area (Å²) in [5.74, 6) is -0.560. The van der Waals surface area contributed by atoms with Crippen LogP contribution in [0.3, 0.4) is 0 Å². The molecule has 0 spiro atoms. The first kappa shape index (κ1) is 18.0. The van der Waals surface area contributed by atoms with Gasteiger partial charge in [-0.25, -0.2) is 9.97 Å². The predicted octanol–water partition coefficient (Wildman–Crippen LogP) is 4.01. The van der Waals surface area contributed by atoms with Crippen molar-refractivity contribution in [2.75, 3.05) is 5.32 Å². The summed E-state index contributed by atoms with van der Waals surface area (Å²) in [6, 6.07) is 3.15. The molecule has 0 fully saturated rings. The summed E-state index contributed by atoms with van der Waals surface area (Å²) in [7, 11) is 0. The minimum atomic E-state index is -4.47. The Kier molecular flexibility index (Phi) is 4.68. The number of hydrogen-bond acceptors (Lipinski definition) is 3. The van der Waals surface area contributed by atoms with E-state index in [2.05, 4.69) is 21.9 Å². The average Bonchev–Trinajstić information content (AvgIpc) is 2.72. The van der Waals surface area contributed by atoms with Crippen molar-refractivity contribution in [1.82, 2.24) is 14.5 Å². The summed E-state index contributed by atoms with van der Waals surface area (Å²) >= 11 is 0. The molecule has 0 aliphatic carbocycles. The van der Waals surface area contributed by atoms with E-state index in [4.69, 9.17) is 0 Å². The van der Waals surface area contributed by atoms with Crippen molar-refractivity contribution in [3.63, 3.8) is 0 Å². The summed E-state index contributed by atoms with van der Waals surface area (Å²) in [6.07, 6.45) is -2.88. The van der Waals surface area contributed by atoms with E-state index in [0.29, 0.717) is 5.69 Å². The zero-order valence-corrected chi connectivity index (χ0v) is 13.7. The molecular weight excluding hydrogens is 321 g/mol. The molecule has 2 aromatic rings. The first-order valence-corrected chi connectivity index (χ1v) is 7.35. The van der Waals surface area contributed by atoms with Crippen molar-refractivity contribution in [3.05, 3.63) is 24.4 Å². The molecule has 5 nitrogen and oxygen atoms in total. The highest BCUT2D eigenvalue weighted by Crippen LogP contribution is 2.26. The van der Waals surface area contributed by atoms with Crippen molar-refractivity contribution >= 4 is 29.1 Å². The van der Waals surface area contributed by atoms with E-state index in [9.17, 15) is 18.0 Å². The van der Waals surface area contributed by atoms with E-state index in [1.54, 1.807) is 12.1 Å². The number of alkyl halides is 3. The Labute approximate surface area is 137 Å². The van der Waals surface area contributed by atoms with Crippen LogP contribution < -0.4 is 5.32 Å². The second kappa shape index (κ2) is 6.26. The Morgan fingerprint density at radius 2 is 1.96 bits per heavy atom. The fourth-order valence-electron chi connectivity index (χ4n) is 2.21. The quantitative estimate of drug-likeness (QED) is 0.915. The van der Waals surface area contributed by atoms with E-state index in [-0.39, 0.29) is 28.9 Å². The number of imidazole rings is 1. The van der Waals surface area contributed by atoms with Gasteiger partial charge in [-0.1, -0.05) is 27.4 Å². The maximum Gasteiger partial charge on any atom is 0.406 e. The van der Waals surface area contributed by atoms with Gasteiger partial charge >= 0.3 is 6.18 Å². The number of nitrogens with zero attached hydrogens (tertiary/aromatic N) is 3. The van der Waals surface area contributed by atoms with E-state index >= 15 is 0 Å². The zero-order chi connectivity index (χ0) is 18.1. The number of carbonyl (C=O) groups excluding carboxylic acids is 1. The van der Waals surface area contributed by atoms with Crippen molar-refractivity contribution in [2.24, 2.45) is 5.41 Å². The second-order valence-corrected chi connectivity index (χ2v) is 6.71. The van der Waals surface area contributed by atoms with Gasteiger partial charge in [0.15, 0.2) is 5.65 Å². The highest BCUT2D eigenvalue weighted by Gasteiger charge is 2.31. The molecule has 0 saturated heterocycles. The number of carbonyl (C=O) groups is 1. The number of aromatic nitrogens is 3. The molecule has 0 saturated carbocycles. The number of nitrogens with one attached hydrogen (secondary N) is 1. The molecule has 0 aliphatic heterocycles. The van der Waals surface area contributed by atoms with Gasteiger partial charge in [-0.3, -0.25) is 14.7 Å². The first-order valence-electron chi connectivity index (χ1n) is 7.35. The van der Waals surface area contributed by atoms with Crippen molar-refractivity contribution < 1.29 is 18.0 Å². The third kappa shape index (κ3) is 4.56. The lowest BCUT2D eigenvalue weighted by Crippen LogP contribution is -2.24. The summed E-state index contributed by atoms with van der Waals surface area (Å²) in [5.41, 5.74) is 0.462. The van der Waals surface area contributed by atoms with E-state index < -0.39 is 18.6 Å². The normalized spacial score (nSPS) is 12.4. The SMILES string of the molecule is C=Cc1ccc2nc(NC(=O)CC(C)(C)C)n(CC(F)(F)F)c2n1. The molecule has 8 heteroatoms. The number of rotatable bonds is 4. The van der Waals surface area contributed by atoms with E-state index in [1.165, 1.54) is 6.08 Å². The molecule has 2 rings (SSSR count). The van der Waals surface area contributed by atoms with E-state index in [1.807, 2.05) is 20.8 Å². The van der Waals surface area contributed by atoms with Crippen molar-refractivity contribution in [2.45, 2.75) is 39.9 Å². The van der Waals surface area contributed by atoms with Crippen molar-refractivity contribution in [3.8, 4) is 0 Å². The van der Waals surface area contributed by atoms with Crippen LogP contribution in [-0.2, 0) is 11.3 Å². The van der Waals surface area contributed by atoms with Crippen LogP contribution in [0.2, 0.25) is 0 Å². The first-order chi connectivity index (χ1) is 11.0. The molecule has 0 unspecified atom stereocenters. The maximum absolute atomic E-state index is 12.9. The molecule has 0 bridgehead atoms. The van der Waals surface area contributed by atoms with E-state index in [0.717, 1.165) is 4.57 Å². The van der Waals surface area contributed by atoms with Gasteiger partial charge in [0.2, 0.25) is 11.9 Å². The van der Waals surface area contributed by atoms with Gasteiger partial charge in [0.1, 0.15) is 12.1 Å². The molecular formula is C16H19F3N4O. The summed E-state index contributed by atoms with van der Waals surface area (Å²) in [4.78, 5) is 20.3. The fourth-order valence-corrected chi connectivity index (χ4v) is 2.21. The molecule has 1 amide bonds. The van der Waals surface area contributed by atoms with Crippen LogP contribution in [-0.4, -0.2) is 26.6 Å². The topological polar surface area (TPSA) is 59.8 Å². The van der Waals surface area contributed by atoms with Crippen molar-refractivity contribution in [1.29, 1.82) is 0 Å². The lowest BCUT2D eigenvalue weighted by molar-refractivity contribution is -0.139. The minimum Gasteiger partial charge on any atom is -0.296 e. The lowest BCUT2D eigenvalue weighted by Gasteiger charge is -2.17. The highest BCUT2D eigenvalue weighted by atomic mass is 19.4. The molecule has 2 aromatic heterocycles. The molecule has 24 heavy (non-hydrogen) atoms. The number of amides is 1. The van der Waals surface area contributed by atoms with Gasteiger partial charge in [0, 0.05) is 6.42 Å². The van der Waals surface area contributed by atoms with Crippen LogP contribution in [0, 0.1) is 5.41 Å². The Morgan fingerprint density at radius 3 is 2.50 bits per heavy atom. The number of fused-ring (bicyclic) bond motifs is 1. The van der Waals surface area contributed by atoms with Crippen LogP contribution in [0.4, 0.5) is 19.1 Å². The largest absolute Gasteiger partial charge is 0.406 e. The van der Waals surface area contributed by atoms with Crippen LogP contribution in [0.15, 0.2) is 18.7 Å². The van der Waals surface area contributed by atoms with Gasteiger partial charge < -0.3 is 0 Å². The molecule has 0 radical (unpaired) electrons. The number of hydrogen-bond donors (Lipinski definition) is 1. The second-order valence-electron chi connectivity index (χ2n) is 6.71. The fraction of sp³-hybridized carbons (Fsp3) is 0.438. The Morgan fingerprint density at radius 1 is 1.29 bits per heavy atom. The van der Waals surface area contributed by atoms with Gasteiger partial charge in [0.05, 0.1) is 5.69 Å². The molecule has 130 valence electrons. The molecule has 2 heterocycles. The third-order valence-corrected chi connectivity index (χ3v) is 3.10. The summed E-state index contributed by atoms with van der Waals surface area (Å²) < 4.78 is 39.6. The number of pyridine rings is 1. The number of halogens is 3. The predicted molar refractivity (Wildman–Crippen MR) is 86.4 cm³/mol. The van der Waals surface area contributed by atoms with Gasteiger partial charge in [-0.2, -0.15) is 13.2 Å². The standard InChI is InChI=1S/C16H19F3N4O/c1-5-10-6-7-11-13(20-10)23(9-16(17,18)19)14(21-11)22-12(24)8-15(2,3)4/h5-7H,1,8-9H2,2-4H3,(H,21,22,24). The van der Waals surface area contributed by atoms with Gasteiger partial charge in [-0.05, 0) is 23.6 Å². The lowest BCUT2D eigenvalue weighted by atomic mass is 9.92. The monoisotopic (exact) mass is 340 g/mol. The van der Waals surface area contributed by atoms with Crippen LogP contribution in [0.25, 0.3) is 17.2 Å². The third-order valence-electron chi connectivity index (χ3n) is 3.10. The molecule has 0 atom stereocenters. The molecule has 1 N–H and O–H groups in total. The molecule has 0 aliphatic rings. The maximum atomic E-state index is 12.9. The average molecular weight is 340 g/mol. The minimum absolute atomic E-state index is 0.0517. The van der Waals surface area contributed by atoms with Crippen LogP contribution >= 0.6 is 0 Å². The zero-order valence-electron chi connectivity index (χ0n) is 13.7. The van der Waals surface area contributed by atoms with Crippen LogP contribution in [0.5, 0.6) is 0 Å². The Bertz CT molecular complexity index is 772. The number of anilines is 1. The Hall–Kier alpha value is -2.38. The summed E-state index contributed by atoms with van der Waals surface area (Å²) in [5, 5.41) is 2.46. The van der Waals surface area contributed by atoms with Gasteiger partial charge in [-0.15, -0.1) is 0 Å². The Balaban J connectivity index is 2.45. The smallest absolute Gasteiger partial charge is 0.296 e. The summed E-state index contributed by atoms with van der Waals surface area (Å²) in [6.45, 7) is 7.86.